The maximum absolute atomic E-state index is 12.4. The summed E-state index contributed by atoms with van der Waals surface area (Å²) in [7, 11) is -3.86. The predicted molar refractivity (Wildman–Crippen MR) is 97.7 cm³/mol. The van der Waals surface area contributed by atoms with Gasteiger partial charge in [-0.15, -0.1) is 0 Å². The van der Waals surface area contributed by atoms with Crippen LogP contribution in [0.2, 0.25) is 0 Å². The molecule has 0 aliphatic heterocycles. The lowest BCUT2D eigenvalue weighted by atomic mass is 9.98. The molecule has 0 saturated carbocycles. The van der Waals surface area contributed by atoms with E-state index in [0.29, 0.717) is 12.8 Å². The van der Waals surface area contributed by atoms with E-state index < -0.39 is 15.9 Å². The number of thiazole rings is 1. The minimum absolute atomic E-state index is 0.0689. The molecular formula is C17H18N2O4S2. The monoisotopic (exact) mass is 378 g/mol. The average molecular weight is 378 g/mol. The molecule has 1 aromatic carbocycles. The summed E-state index contributed by atoms with van der Waals surface area (Å²) >= 11 is 1.06. The van der Waals surface area contributed by atoms with Gasteiger partial charge in [0.15, 0.2) is 0 Å². The molecule has 0 radical (unpaired) electrons. The molecule has 0 atom stereocenters. The molecule has 0 bridgehead atoms. The maximum atomic E-state index is 12.4. The van der Waals surface area contributed by atoms with Gasteiger partial charge >= 0.3 is 4.87 Å². The lowest BCUT2D eigenvalue weighted by Crippen LogP contribution is -2.33. The summed E-state index contributed by atoms with van der Waals surface area (Å²) in [5, 5.41) is 1.71. The maximum Gasteiger partial charge on any atom is 0.307 e. The zero-order chi connectivity index (χ0) is 18.0. The zero-order valence-corrected chi connectivity index (χ0v) is 15.3. The standard InChI is InChI=1S/C17H18N2O4S2/c1-12-11-24-17(21)19(12)9-8-16(20)18-25(22,23)15-7-6-13-4-2-3-5-14(13)10-15/h2-5,10-11H,6-9H2,1H3,(H,18,20). The third-order valence-electron chi connectivity index (χ3n) is 4.14. The molecule has 1 heterocycles. The molecule has 1 aromatic heterocycles. The van der Waals surface area contributed by atoms with Gasteiger partial charge in [0.1, 0.15) is 0 Å². The number of aromatic nitrogens is 1. The molecule has 0 unspecified atom stereocenters. The van der Waals surface area contributed by atoms with E-state index in [-0.39, 0.29) is 22.7 Å². The number of hydrogen-bond acceptors (Lipinski definition) is 5. The van der Waals surface area contributed by atoms with Crippen LogP contribution in [0.1, 0.15) is 29.7 Å². The summed E-state index contributed by atoms with van der Waals surface area (Å²) in [5.41, 5.74) is 2.72. The van der Waals surface area contributed by atoms with E-state index in [1.807, 2.05) is 24.3 Å². The van der Waals surface area contributed by atoms with Gasteiger partial charge in [0.25, 0.3) is 10.0 Å². The lowest BCUT2D eigenvalue weighted by Gasteiger charge is -2.17. The minimum atomic E-state index is -3.86. The molecular weight excluding hydrogens is 360 g/mol. The normalized spacial score (nSPS) is 13.9. The molecule has 2 aromatic rings. The van der Waals surface area contributed by atoms with Crippen molar-refractivity contribution in [3.05, 3.63) is 61.0 Å². The first-order chi connectivity index (χ1) is 11.9. The average Bonchev–Trinajstić information content (AvgIpc) is 2.90. The molecule has 132 valence electrons. The molecule has 1 amide bonds. The zero-order valence-electron chi connectivity index (χ0n) is 13.7. The quantitative estimate of drug-likeness (QED) is 0.863. The smallest absolute Gasteiger partial charge is 0.303 e. The highest BCUT2D eigenvalue weighted by Crippen LogP contribution is 2.26. The highest BCUT2D eigenvalue weighted by Gasteiger charge is 2.23. The van der Waals surface area contributed by atoms with Crippen LogP contribution < -0.4 is 9.60 Å². The van der Waals surface area contributed by atoms with Crippen molar-refractivity contribution >= 4 is 33.3 Å². The summed E-state index contributed by atoms with van der Waals surface area (Å²) in [5.74, 6) is -0.614. The van der Waals surface area contributed by atoms with Gasteiger partial charge in [0.2, 0.25) is 5.91 Å². The summed E-state index contributed by atoms with van der Waals surface area (Å²) in [6.07, 6.45) is 2.53. The number of rotatable bonds is 5. The van der Waals surface area contributed by atoms with Crippen molar-refractivity contribution in [3.63, 3.8) is 0 Å². The SMILES string of the molecule is Cc1csc(=O)n1CCC(=O)NS(=O)(=O)C1=Cc2ccccc2CC1. The molecule has 0 fully saturated rings. The van der Waals surface area contributed by atoms with Crippen molar-refractivity contribution in [2.75, 3.05) is 0 Å². The van der Waals surface area contributed by atoms with Crippen molar-refractivity contribution in [1.82, 2.24) is 9.29 Å². The molecule has 0 saturated heterocycles. The van der Waals surface area contributed by atoms with Gasteiger partial charge in [-0.25, -0.2) is 13.1 Å². The fraction of sp³-hybridized carbons (Fsp3) is 0.294. The molecule has 8 heteroatoms. The van der Waals surface area contributed by atoms with E-state index in [1.165, 1.54) is 4.57 Å². The highest BCUT2D eigenvalue weighted by atomic mass is 32.2. The lowest BCUT2D eigenvalue weighted by molar-refractivity contribution is -0.119. The highest BCUT2D eigenvalue weighted by molar-refractivity contribution is 7.94. The fourth-order valence-corrected chi connectivity index (χ4v) is 4.72. The number of fused-ring (bicyclic) bond motifs is 1. The van der Waals surface area contributed by atoms with Crippen LogP contribution in [-0.2, 0) is 27.8 Å². The van der Waals surface area contributed by atoms with E-state index in [4.69, 9.17) is 0 Å². The van der Waals surface area contributed by atoms with Gasteiger partial charge in [-0.05, 0) is 37.0 Å². The first-order valence-electron chi connectivity index (χ1n) is 7.86. The number of allylic oxidation sites excluding steroid dienone is 1. The molecule has 0 spiro atoms. The van der Waals surface area contributed by atoms with Crippen LogP contribution in [0, 0.1) is 6.92 Å². The van der Waals surface area contributed by atoms with E-state index in [1.54, 1.807) is 18.4 Å². The Morgan fingerprint density at radius 2 is 2.04 bits per heavy atom. The second-order valence-electron chi connectivity index (χ2n) is 5.88. The summed E-state index contributed by atoms with van der Waals surface area (Å²) in [6.45, 7) is 1.94. The second kappa shape index (κ2) is 6.97. The van der Waals surface area contributed by atoms with Crippen LogP contribution in [-0.4, -0.2) is 18.9 Å². The van der Waals surface area contributed by atoms with Crippen molar-refractivity contribution in [1.29, 1.82) is 0 Å². The van der Waals surface area contributed by atoms with Crippen LogP contribution in [0.5, 0.6) is 0 Å². The Labute approximate surface area is 149 Å². The Hall–Kier alpha value is -2.19. The van der Waals surface area contributed by atoms with Crippen molar-refractivity contribution in [3.8, 4) is 0 Å². The Balaban J connectivity index is 1.69. The van der Waals surface area contributed by atoms with Gasteiger partial charge in [0, 0.05) is 24.0 Å². The number of hydrogen-bond donors (Lipinski definition) is 1. The number of sulfonamides is 1. The van der Waals surface area contributed by atoms with Gasteiger partial charge in [-0.1, -0.05) is 35.6 Å². The number of nitrogens with one attached hydrogen (secondary N) is 1. The summed E-state index contributed by atoms with van der Waals surface area (Å²) in [4.78, 5) is 23.7. The molecule has 1 aliphatic rings. The van der Waals surface area contributed by atoms with Crippen molar-refractivity contribution in [2.24, 2.45) is 0 Å². The van der Waals surface area contributed by atoms with Crippen LogP contribution in [0.25, 0.3) is 6.08 Å². The number of aryl methyl sites for hydroxylation is 2. The first kappa shape index (κ1) is 17.6. The Bertz CT molecular complexity index is 1000. The Kier molecular flexibility index (Phi) is 4.91. The van der Waals surface area contributed by atoms with Gasteiger partial charge in [-0.3, -0.25) is 9.59 Å². The number of carbonyl (C=O) groups is 1. The number of carbonyl (C=O) groups excluding carboxylic acids is 1. The third kappa shape index (κ3) is 3.91. The van der Waals surface area contributed by atoms with Crippen LogP contribution >= 0.6 is 11.3 Å². The van der Waals surface area contributed by atoms with Gasteiger partial charge in [0.05, 0.1) is 4.91 Å². The van der Waals surface area contributed by atoms with Crippen LogP contribution in [0.4, 0.5) is 0 Å². The van der Waals surface area contributed by atoms with E-state index in [0.717, 1.165) is 28.2 Å². The molecule has 1 aliphatic carbocycles. The topological polar surface area (TPSA) is 85.2 Å². The molecule has 25 heavy (non-hydrogen) atoms. The number of amides is 1. The first-order valence-corrected chi connectivity index (χ1v) is 10.2. The number of nitrogens with zero attached hydrogens (tertiary/aromatic N) is 1. The Morgan fingerprint density at radius 1 is 1.28 bits per heavy atom. The van der Waals surface area contributed by atoms with E-state index in [2.05, 4.69) is 4.72 Å². The van der Waals surface area contributed by atoms with Gasteiger partial charge in [-0.2, -0.15) is 0 Å². The van der Waals surface area contributed by atoms with Gasteiger partial charge < -0.3 is 4.57 Å². The van der Waals surface area contributed by atoms with Crippen molar-refractivity contribution in [2.45, 2.75) is 32.7 Å². The molecule has 6 nitrogen and oxygen atoms in total. The fourth-order valence-electron chi connectivity index (χ4n) is 2.77. The summed E-state index contributed by atoms with van der Waals surface area (Å²) in [6, 6.07) is 7.60. The van der Waals surface area contributed by atoms with E-state index >= 15 is 0 Å². The third-order valence-corrected chi connectivity index (χ3v) is 6.53. The largest absolute Gasteiger partial charge is 0.307 e. The Morgan fingerprint density at radius 3 is 2.76 bits per heavy atom. The number of benzene rings is 1. The second-order valence-corrected chi connectivity index (χ2v) is 8.44. The minimum Gasteiger partial charge on any atom is -0.303 e. The van der Waals surface area contributed by atoms with E-state index in [9.17, 15) is 18.0 Å². The van der Waals surface area contributed by atoms with Crippen LogP contribution in [0.15, 0.2) is 39.3 Å². The van der Waals surface area contributed by atoms with Crippen LogP contribution in [0.3, 0.4) is 0 Å². The molecule has 3 rings (SSSR count). The summed E-state index contributed by atoms with van der Waals surface area (Å²) < 4.78 is 28.4. The predicted octanol–water partition coefficient (Wildman–Crippen LogP) is 2.04. The van der Waals surface area contributed by atoms with Crippen molar-refractivity contribution < 1.29 is 13.2 Å². The molecule has 1 N–H and O–H groups in total.